The van der Waals surface area contributed by atoms with Crippen LogP contribution in [-0.2, 0) is 4.79 Å². The Morgan fingerprint density at radius 2 is 2.17 bits per heavy atom. The maximum absolute atomic E-state index is 11.5. The lowest BCUT2D eigenvalue weighted by molar-refractivity contribution is -0.141. The Balaban J connectivity index is 2.45. The highest BCUT2D eigenvalue weighted by Gasteiger charge is 2.15. The molecule has 1 unspecified atom stereocenters. The minimum absolute atomic E-state index is 0.108. The average molecular weight is 251 g/mol. The number of carbonyl (C=O) groups is 2. The molecule has 1 rings (SSSR count). The molecule has 0 bridgehead atoms. The van der Waals surface area contributed by atoms with E-state index in [1.807, 2.05) is 6.92 Å². The van der Waals surface area contributed by atoms with Crippen LogP contribution in [0.3, 0.4) is 0 Å². The molecule has 0 radical (unpaired) electrons. The van der Waals surface area contributed by atoms with E-state index in [0.717, 1.165) is 5.56 Å². The largest absolute Gasteiger partial charge is 0.481 e. The van der Waals surface area contributed by atoms with E-state index < -0.39 is 17.9 Å². The van der Waals surface area contributed by atoms with Gasteiger partial charge in [-0.05, 0) is 25.0 Å². The van der Waals surface area contributed by atoms with Crippen LogP contribution in [0.2, 0.25) is 0 Å². The number of aromatic nitrogens is 1. The number of amides is 2. The van der Waals surface area contributed by atoms with Crippen LogP contribution < -0.4 is 10.6 Å². The zero-order chi connectivity index (χ0) is 13.5. The second-order valence-corrected chi connectivity index (χ2v) is 4.03. The SMILES string of the molecule is CCC(CNC(=O)Nc1cncc(C)c1)C(=O)O. The van der Waals surface area contributed by atoms with Crippen molar-refractivity contribution in [3.05, 3.63) is 24.0 Å². The Morgan fingerprint density at radius 1 is 1.44 bits per heavy atom. The van der Waals surface area contributed by atoms with Gasteiger partial charge in [0.05, 0.1) is 17.8 Å². The molecule has 0 aliphatic carbocycles. The predicted molar refractivity (Wildman–Crippen MR) is 67.4 cm³/mol. The molecule has 3 N–H and O–H groups in total. The third-order valence-electron chi connectivity index (χ3n) is 2.48. The van der Waals surface area contributed by atoms with E-state index in [1.54, 1.807) is 19.2 Å². The highest BCUT2D eigenvalue weighted by Crippen LogP contribution is 2.07. The van der Waals surface area contributed by atoms with Gasteiger partial charge < -0.3 is 15.7 Å². The van der Waals surface area contributed by atoms with Gasteiger partial charge in [0, 0.05) is 12.7 Å². The zero-order valence-electron chi connectivity index (χ0n) is 10.4. The van der Waals surface area contributed by atoms with Crippen LogP contribution in [0.5, 0.6) is 0 Å². The molecule has 1 atom stereocenters. The maximum atomic E-state index is 11.5. The summed E-state index contributed by atoms with van der Waals surface area (Å²) in [6, 6.07) is 1.35. The molecule has 6 nitrogen and oxygen atoms in total. The number of hydrogen-bond donors (Lipinski definition) is 3. The van der Waals surface area contributed by atoms with Gasteiger partial charge in [-0.25, -0.2) is 4.79 Å². The molecule has 0 aliphatic rings. The molecular formula is C12H17N3O3. The Labute approximate surface area is 105 Å². The van der Waals surface area contributed by atoms with Crippen LogP contribution in [-0.4, -0.2) is 28.6 Å². The molecule has 1 aromatic heterocycles. The summed E-state index contributed by atoms with van der Waals surface area (Å²) < 4.78 is 0. The topological polar surface area (TPSA) is 91.3 Å². The van der Waals surface area contributed by atoms with Gasteiger partial charge in [0.15, 0.2) is 0 Å². The van der Waals surface area contributed by atoms with E-state index in [9.17, 15) is 9.59 Å². The van der Waals surface area contributed by atoms with E-state index in [1.165, 1.54) is 6.20 Å². The van der Waals surface area contributed by atoms with Crippen molar-refractivity contribution < 1.29 is 14.7 Å². The number of anilines is 1. The highest BCUT2D eigenvalue weighted by atomic mass is 16.4. The molecule has 1 aromatic rings. The van der Waals surface area contributed by atoms with E-state index >= 15 is 0 Å². The van der Waals surface area contributed by atoms with Gasteiger partial charge in [-0.1, -0.05) is 6.92 Å². The third-order valence-corrected chi connectivity index (χ3v) is 2.48. The molecule has 0 spiro atoms. The maximum Gasteiger partial charge on any atom is 0.319 e. The number of nitrogens with zero attached hydrogens (tertiary/aromatic N) is 1. The van der Waals surface area contributed by atoms with E-state index in [4.69, 9.17) is 5.11 Å². The van der Waals surface area contributed by atoms with Crippen LogP contribution in [0.4, 0.5) is 10.5 Å². The first kappa shape index (κ1) is 14.0. The first-order valence-electron chi connectivity index (χ1n) is 5.72. The molecule has 2 amide bonds. The Kier molecular flexibility index (Phi) is 5.10. The molecule has 98 valence electrons. The lowest BCUT2D eigenvalue weighted by Gasteiger charge is -2.12. The first-order valence-corrected chi connectivity index (χ1v) is 5.72. The predicted octanol–water partition coefficient (Wildman–Crippen LogP) is 1.62. The molecule has 1 heterocycles. The standard InChI is InChI=1S/C12H17N3O3/c1-3-9(11(16)17)6-14-12(18)15-10-4-8(2)5-13-7-10/h4-5,7,9H,3,6H2,1-2H3,(H,16,17)(H2,14,15,18). The normalized spacial score (nSPS) is 11.7. The summed E-state index contributed by atoms with van der Waals surface area (Å²) in [6.45, 7) is 3.74. The second-order valence-electron chi connectivity index (χ2n) is 4.03. The fourth-order valence-electron chi connectivity index (χ4n) is 1.42. The van der Waals surface area contributed by atoms with Crippen molar-refractivity contribution in [2.24, 2.45) is 5.92 Å². The van der Waals surface area contributed by atoms with Crippen molar-refractivity contribution in [3.8, 4) is 0 Å². The molecule has 0 saturated heterocycles. The van der Waals surface area contributed by atoms with Crippen molar-refractivity contribution in [1.29, 1.82) is 0 Å². The number of carbonyl (C=O) groups excluding carboxylic acids is 1. The number of pyridine rings is 1. The number of carboxylic acids is 1. The average Bonchev–Trinajstić information content (AvgIpc) is 2.29. The van der Waals surface area contributed by atoms with Crippen molar-refractivity contribution >= 4 is 17.7 Å². The summed E-state index contributed by atoms with van der Waals surface area (Å²) in [7, 11) is 0. The number of carboxylic acid groups (broad SMARTS) is 1. The van der Waals surface area contributed by atoms with Gasteiger partial charge in [-0.2, -0.15) is 0 Å². The molecule has 0 saturated carbocycles. The first-order chi connectivity index (χ1) is 8.52. The van der Waals surface area contributed by atoms with Crippen molar-refractivity contribution in [2.75, 3.05) is 11.9 Å². The summed E-state index contributed by atoms with van der Waals surface area (Å²) in [5.74, 6) is -1.47. The number of nitrogens with one attached hydrogen (secondary N) is 2. The quantitative estimate of drug-likeness (QED) is 0.741. The molecule has 0 aromatic carbocycles. The minimum atomic E-state index is -0.907. The highest BCUT2D eigenvalue weighted by molar-refractivity contribution is 5.89. The Hall–Kier alpha value is -2.11. The Bertz CT molecular complexity index is 434. The van der Waals surface area contributed by atoms with Crippen molar-refractivity contribution in [3.63, 3.8) is 0 Å². The fraction of sp³-hybridized carbons (Fsp3) is 0.417. The summed E-state index contributed by atoms with van der Waals surface area (Å²) in [5.41, 5.74) is 1.51. The van der Waals surface area contributed by atoms with Crippen LogP contribution in [0.15, 0.2) is 18.5 Å². The zero-order valence-corrected chi connectivity index (χ0v) is 10.4. The molecular weight excluding hydrogens is 234 g/mol. The summed E-state index contributed by atoms with van der Waals surface area (Å²) >= 11 is 0. The smallest absolute Gasteiger partial charge is 0.319 e. The number of aliphatic carboxylic acids is 1. The molecule has 6 heteroatoms. The number of hydrogen-bond acceptors (Lipinski definition) is 3. The molecule has 18 heavy (non-hydrogen) atoms. The van der Waals surface area contributed by atoms with Crippen molar-refractivity contribution in [2.45, 2.75) is 20.3 Å². The summed E-state index contributed by atoms with van der Waals surface area (Å²) in [6.07, 6.45) is 3.68. The number of urea groups is 1. The second kappa shape index (κ2) is 6.58. The molecule has 0 fully saturated rings. The number of aryl methyl sites for hydroxylation is 1. The van der Waals surface area contributed by atoms with Crippen LogP contribution >= 0.6 is 0 Å². The van der Waals surface area contributed by atoms with Crippen LogP contribution in [0.25, 0.3) is 0 Å². The third kappa shape index (κ3) is 4.40. The van der Waals surface area contributed by atoms with Gasteiger partial charge in [0.25, 0.3) is 0 Å². The van der Waals surface area contributed by atoms with Gasteiger partial charge in [-0.15, -0.1) is 0 Å². The summed E-state index contributed by atoms with van der Waals surface area (Å²) in [5, 5.41) is 14.0. The van der Waals surface area contributed by atoms with E-state index in [-0.39, 0.29) is 6.54 Å². The molecule has 0 aliphatic heterocycles. The fourth-order valence-corrected chi connectivity index (χ4v) is 1.42. The minimum Gasteiger partial charge on any atom is -0.481 e. The lowest BCUT2D eigenvalue weighted by atomic mass is 10.1. The van der Waals surface area contributed by atoms with Crippen LogP contribution in [0, 0.1) is 12.8 Å². The summed E-state index contributed by atoms with van der Waals surface area (Å²) in [4.78, 5) is 26.2. The van der Waals surface area contributed by atoms with E-state index in [2.05, 4.69) is 15.6 Å². The Morgan fingerprint density at radius 3 is 2.72 bits per heavy atom. The van der Waals surface area contributed by atoms with Gasteiger partial charge >= 0.3 is 12.0 Å². The van der Waals surface area contributed by atoms with Gasteiger partial charge in [0.1, 0.15) is 0 Å². The van der Waals surface area contributed by atoms with Crippen molar-refractivity contribution in [1.82, 2.24) is 10.3 Å². The lowest BCUT2D eigenvalue weighted by Crippen LogP contribution is -2.35. The van der Waals surface area contributed by atoms with Gasteiger partial charge in [0.2, 0.25) is 0 Å². The monoisotopic (exact) mass is 251 g/mol. The van der Waals surface area contributed by atoms with Crippen LogP contribution in [0.1, 0.15) is 18.9 Å². The van der Waals surface area contributed by atoms with E-state index in [0.29, 0.717) is 12.1 Å². The number of rotatable bonds is 5. The van der Waals surface area contributed by atoms with Gasteiger partial charge in [-0.3, -0.25) is 9.78 Å².